The highest BCUT2D eigenvalue weighted by Crippen LogP contribution is 2.12. The maximum Gasteiger partial charge on any atom is 0.253 e. The summed E-state index contributed by atoms with van der Waals surface area (Å²) in [5.74, 6) is 1.44. The molecule has 0 N–H and O–H groups in total. The number of unbranched alkanes of at least 4 members (excludes halogenated alkanes) is 14. The second kappa shape index (κ2) is 23.6. The van der Waals surface area contributed by atoms with E-state index in [-0.39, 0.29) is 0 Å². The first kappa shape index (κ1) is 39.9. The quantitative estimate of drug-likeness (QED) is 0.0390. The van der Waals surface area contributed by atoms with Gasteiger partial charge in [-0.25, -0.2) is 9.13 Å². The highest BCUT2D eigenvalue weighted by atomic mass is 15.1. The molecule has 0 aliphatic heterocycles. The van der Waals surface area contributed by atoms with Gasteiger partial charge in [-0.3, -0.25) is 0 Å². The van der Waals surface area contributed by atoms with Gasteiger partial charge in [0.2, 0.25) is 0 Å². The summed E-state index contributed by atoms with van der Waals surface area (Å²) in [6.45, 7) is 9.27. The van der Waals surface area contributed by atoms with Gasteiger partial charge in [-0.1, -0.05) is 212 Å². The van der Waals surface area contributed by atoms with Crippen molar-refractivity contribution in [2.75, 3.05) is 0 Å². The Morgan fingerprint density at radius 3 is 1.14 bits per heavy atom. The lowest BCUT2D eigenvalue weighted by molar-refractivity contribution is -0.702. The molecule has 0 aliphatic rings. The fourth-order valence-corrected chi connectivity index (χ4v) is 7.97. The molecule has 0 amide bonds. The van der Waals surface area contributed by atoms with Crippen LogP contribution in [0.5, 0.6) is 0 Å². The largest absolute Gasteiger partial charge is 0.253 e. The van der Waals surface area contributed by atoms with Gasteiger partial charge in [0.05, 0.1) is 13.1 Å². The minimum Gasteiger partial charge on any atom is -0.234 e. The highest BCUT2D eigenvalue weighted by molar-refractivity contribution is 7.19. The maximum absolute atomic E-state index is 2.46. The SMILES string of the molecule is CCCCCCCCCCn1cc[n+](CCCCCCCCCC)c1C.c1ccc([B-](c2ccccc2)(c2ccccc2)c2ccccc2)cc1. The van der Waals surface area contributed by atoms with E-state index in [1.54, 1.807) is 0 Å². The molecular weight excluding hydrogens is 615 g/mol. The smallest absolute Gasteiger partial charge is 0.234 e. The summed E-state index contributed by atoms with van der Waals surface area (Å²) >= 11 is 0. The summed E-state index contributed by atoms with van der Waals surface area (Å²) in [5.41, 5.74) is 5.36. The third kappa shape index (κ3) is 12.4. The Kier molecular flexibility index (Phi) is 18.5. The average Bonchev–Trinajstić information content (AvgIpc) is 3.54. The van der Waals surface area contributed by atoms with E-state index in [2.05, 4.69) is 164 Å². The van der Waals surface area contributed by atoms with Gasteiger partial charge in [-0.15, -0.1) is 0 Å². The van der Waals surface area contributed by atoms with Crippen molar-refractivity contribution in [2.24, 2.45) is 0 Å². The Bertz CT molecular complexity index is 1360. The minimum absolute atomic E-state index is 1.20. The van der Waals surface area contributed by atoms with E-state index in [9.17, 15) is 0 Å². The van der Waals surface area contributed by atoms with Crippen LogP contribution < -0.4 is 26.4 Å². The molecule has 0 saturated heterocycles. The topological polar surface area (TPSA) is 8.81 Å². The number of hydrogen-bond acceptors (Lipinski definition) is 0. The third-order valence-corrected chi connectivity index (χ3v) is 11.0. The first-order valence-electron chi connectivity index (χ1n) is 20.6. The number of aryl methyl sites for hydroxylation is 2. The number of benzene rings is 4. The molecule has 3 heteroatoms. The number of nitrogens with zero attached hydrogens (tertiary/aromatic N) is 2. The minimum atomic E-state index is -1.22. The van der Waals surface area contributed by atoms with Crippen LogP contribution >= 0.6 is 0 Å². The summed E-state index contributed by atoms with van der Waals surface area (Å²) < 4.78 is 4.92. The lowest BCUT2D eigenvalue weighted by atomic mass is 9.13. The van der Waals surface area contributed by atoms with E-state index in [0.717, 1.165) is 0 Å². The molecule has 0 atom stereocenters. The highest BCUT2D eigenvalue weighted by Gasteiger charge is 2.31. The molecule has 4 aromatic carbocycles. The van der Waals surface area contributed by atoms with Crippen molar-refractivity contribution in [2.45, 2.75) is 137 Å². The number of aromatic nitrogens is 2. The number of imidazole rings is 1. The van der Waals surface area contributed by atoms with Crippen molar-refractivity contribution < 1.29 is 4.57 Å². The first-order chi connectivity index (χ1) is 25.2. The van der Waals surface area contributed by atoms with E-state index >= 15 is 0 Å². The molecule has 0 aliphatic carbocycles. The van der Waals surface area contributed by atoms with Gasteiger partial charge in [-0.2, -0.15) is 21.9 Å². The third-order valence-electron chi connectivity index (χ3n) is 11.0. The molecule has 0 saturated carbocycles. The fourth-order valence-electron chi connectivity index (χ4n) is 7.97. The van der Waals surface area contributed by atoms with Gasteiger partial charge in [0.25, 0.3) is 5.82 Å². The first-order valence-corrected chi connectivity index (χ1v) is 20.6. The van der Waals surface area contributed by atoms with Gasteiger partial charge < -0.3 is 0 Å². The molecule has 0 bridgehead atoms. The summed E-state index contributed by atoms with van der Waals surface area (Å²) in [6, 6.07) is 43.5. The van der Waals surface area contributed by atoms with Crippen LogP contribution in [0.1, 0.15) is 122 Å². The Labute approximate surface area is 312 Å². The zero-order chi connectivity index (χ0) is 35.8. The molecule has 5 aromatic rings. The second-order valence-corrected chi connectivity index (χ2v) is 14.7. The molecule has 1 heterocycles. The van der Waals surface area contributed by atoms with Crippen molar-refractivity contribution in [1.82, 2.24) is 4.57 Å². The monoisotopic (exact) mass is 683 g/mol. The molecular formula is C48H67BN2. The summed E-state index contributed by atoms with van der Waals surface area (Å²) in [5, 5.41) is 0. The van der Waals surface area contributed by atoms with Crippen LogP contribution in [0, 0.1) is 6.92 Å². The van der Waals surface area contributed by atoms with Crippen LogP contribution in [0.2, 0.25) is 0 Å². The predicted molar refractivity (Wildman–Crippen MR) is 225 cm³/mol. The molecule has 2 nitrogen and oxygen atoms in total. The van der Waals surface area contributed by atoms with E-state index in [1.807, 2.05) is 0 Å². The maximum atomic E-state index is 2.46. The van der Waals surface area contributed by atoms with Gasteiger partial charge in [0, 0.05) is 6.92 Å². The lowest BCUT2D eigenvalue weighted by Gasteiger charge is -2.44. The van der Waals surface area contributed by atoms with Crippen LogP contribution in [-0.2, 0) is 13.1 Å². The predicted octanol–water partition coefficient (Wildman–Crippen LogP) is 10.4. The van der Waals surface area contributed by atoms with E-state index < -0.39 is 6.15 Å². The summed E-state index contributed by atoms with van der Waals surface area (Å²) in [4.78, 5) is 0. The average molecular weight is 683 g/mol. The van der Waals surface area contributed by atoms with Crippen LogP contribution in [0.4, 0.5) is 0 Å². The van der Waals surface area contributed by atoms with Crippen LogP contribution in [0.15, 0.2) is 134 Å². The van der Waals surface area contributed by atoms with Crippen molar-refractivity contribution >= 4 is 28.0 Å². The standard InChI is InChI=1S/C24H20B.C24H47N2/c1-5-13-21(14-6-1)25(22-15-7-2-8-16-22,23-17-9-3-10-18-23)24-19-11-4-12-20-24;1-4-6-8-10-12-14-16-18-20-25-22-23-26(24(25)3)21-19-17-15-13-11-9-7-5-2/h1-20H;22-23H,4-21H2,1-3H3/q-1;+1. The van der Waals surface area contributed by atoms with Crippen molar-refractivity contribution in [3.05, 3.63) is 140 Å². The molecule has 272 valence electrons. The molecule has 0 fully saturated rings. The van der Waals surface area contributed by atoms with Crippen molar-refractivity contribution in [3.8, 4) is 0 Å². The Hall–Kier alpha value is -3.85. The summed E-state index contributed by atoms with van der Waals surface area (Å²) in [7, 11) is 0. The zero-order valence-corrected chi connectivity index (χ0v) is 32.4. The number of hydrogen-bond donors (Lipinski definition) is 0. The molecule has 51 heavy (non-hydrogen) atoms. The van der Waals surface area contributed by atoms with Gasteiger partial charge in [0.15, 0.2) is 0 Å². The van der Waals surface area contributed by atoms with Crippen LogP contribution in [-0.4, -0.2) is 10.7 Å². The van der Waals surface area contributed by atoms with Crippen LogP contribution in [0.25, 0.3) is 0 Å². The van der Waals surface area contributed by atoms with Crippen molar-refractivity contribution in [3.63, 3.8) is 0 Å². The van der Waals surface area contributed by atoms with Crippen molar-refractivity contribution in [1.29, 1.82) is 0 Å². The van der Waals surface area contributed by atoms with Gasteiger partial charge in [0.1, 0.15) is 18.5 Å². The number of rotatable bonds is 22. The van der Waals surface area contributed by atoms with E-state index in [1.165, 1.54) is 143 Å². The molecule has 5 rings (SSSR count). The van der Waals surface area contributed by atoms with Gasteiger partial charge in [-0.05, 0) is 25.7 Å². The Morgan fingerprint density at radius 2 is 0.765 bits per heavy atom. The summed E-state index contributed by atoms with van der Waals surface area (Å²) in [6.07, 6.45) is 25.8. The lowest BCUT2D eigenvalue weighted by Crippen LogP contribution is -2.74. The van der Waals surface area contributed by atoms with E-state index in [4.69, 9.17) is 0 Å². The van der Waals surface area contributed by atoms with E-state index in [0.29, 0.717) is 0 Å². The molecule has 1 aromatic heterocycles. The second-order valence-electron chi connectivity index (χ2n) is 14.7. The Morgan fingerprint density at radius 1 is 0.431 bits per heavy atom. The Balaban J connectivity index is 0.000000229. The fraction of sp³-hybridized carbons (Fsp3) is 0.438. The zero-order valence-electron chi connectivity index (χ0n) is 32.4. The van der Waals surface area contributed by atoms with Crippen LogP contribution in [0.3, 0.4) is 0 Å². The molecule has 0 radical (unpaired) electrons. The molecule has 0 unspecified atom stereocenters. The molecule has 0 spiro atoms. The normalized spacial score (nSPS) is 11.3. The van der Waals surface area contributed by atoms with Gasteiger partial charge >= 0.3 is 0 Å².